The largest absolute Gasteiger partial charge is 0.375 e. The molecule has 0 bridgehead atoms. The predicted molar refractivity (Wildman–Crippen MR) is 83.8 cm³/mol. The van der Waals surface area contributed by atoms with Crippen LogP contribution in [0.5, 0.6) is 0 Å². The molecule has 2 aromatic rings. The van der Waals surface area contributed by atoms with E-state index in [1.165, 1.54) is 0 Å². The molecule has 0 atom stereocenters. The Hall–Kier alpha value is -2.41. The third-order valence-electron chi connectivity index (χ3n) is 2.99. The molecule has 2 rings (SSSR count). The van der Waals surface area contributed by atoms with Gasteiger partial charge in [0.1, 0.15) is 4.88 Å². The van der Waals surface area contributed by atoms with Crippen LogP contribution in [0.15, 0.2) is 18.2 Å². The molecule has 0 unspecified atom stereocenters. The first-order chi connectivity index (χ1) is 9.92. The van der Waals surface area contributed by atoms with Gasteiger partial charge in [0.05, 0.1) is 5.69 Å². The fourth-order valence-electron chi connectivity index (χ4n) is 1.85. The van der Waals surface area contributed by atoms with E-state index in [1.807, 2.05) is 6.92 Å². The van der Waals surface area contributed by atoms with Crippen molar-refractivity contribution in [3.8, 4) is 0 Å². The summed E-state index contributed by atoms with van der Waals surface area (Å²) >= 11 is 1.14. The maximum atomic E-state index is 12.3. The van der Waals surface area contributed by atoms with E-state index >= 15 is 0 Å². The van der Waals surface area contributed by atoms with Crippen LogP contribution in [0, 0.1) is 13.8 Å². The van der Waals surface area contributed by atoms with Gasteiger partial charge in [0, 0.05) is 18.3 Å². The number of aryl methyl sites for hydroxylation is 2. The van der Waals surface area contributed by atoms with Crippen LogP contribution in [-0.2, 0) is 0 Å². The first-order valence-electron chi connectivity index (χ1n) is 6.29. The number of thiazole rings is 1. The minimum absolute atomic E-state index is 0.205. The molecule has 0 radical (unpaired) electrons. The highest BCUT2D eigenvalue weighted by Gasteiger charge is 2.16. The summed E-state index contributed by atoms with van der Waals surface area (Å²) in [5.41, 5.74) is 8.13. The molecule has 2 amide bonds. The number of nitrogen functional groups attached to an aromatic ring is 1. The molecule has 6 nitrogen and oxygen atoms in total. The average molecular weight is 304 g/mol. The molecule has 1 aromatic heterocycles. The molecule has 1 aromatic carbocycles. The van der Waals surface area contributed by atoms with Gasteiger partial charge in [-0.1, -0.05) is 17.4 Å². The van der Waals surface area contributed by atoms with Gasteiger partial charge >= 0.3 is 0 Å². The quantitative estimate of drug-likeness (QED) is 0.807. The second-order valence-corrected chi connectivity index (χ2v) is 5.56. The summed E-state index contributed by atoms with van der Waals surface area (Å²) in [7, 11) is 1.56. The van der Waals surface area contributed by atoms with Crippen LogP contribution in [0.4, 0.5) is 10.8 Å². The topological polar surface area (TPSA) is 97.1 Å². The van der Waals surface area contributed by atoms with Gasteiger partial charge < -0.3 is 16.4 Å². The van der Waals surface area contributed by atoms with E-state index < -0.39 is 0 Å². The van der Waals surface area contributed by atoms with Gasteiger partial charge in [0.25, 0.3) is 11.8 Å². The molecule has 4 N–H and O–H groups in total. The summed E-state index contributed by atoms with van der Waals surface area (Å²) in [6.07, 6.45) is 0. The van der Waals surface area contributed by atoms with Crippen LogP contribution in [0.3, 0.4) is 0 Å². The van der Waals surface area contributed by atoms with E-state index in [-0.39, 0.29) is 11.8 Å². The zero-order valence-corrected chi connectivity index (χ0v) is 12.8. The number of aromatic nitrogens is 1. The van der Waals surface area contributed by atoms with Gasteiger partial charge in [-0.3, -0.25) is 9.59 Å². The van der Waals surface area contributed by atoms with Crippen LogP contribution >= 0.6 is 11.3 Å². The number of hydrogen-bond acceptors (Lipinski definition) is 5. The second-order valence-electron chi connectivity index (χ2n) is 4.53. The average Bonchev–Trinajstić information content (AvgIpc) is 2.79. The highest BCUT2D eigenvalue weighted by Crippen LogP contribution is 2.23. The Bertz CT molecular complexity index is 709. The minimum atomic E-state index is -0.279. The highest BCUT2D eigenvalue weighted by molar-refractivity contribution is 7.17. The second kappa shape index (κ2) is 5.92. The summed E-state index contributed by atoms with van der Waals surface area (Å²) in [6, 6.07) is 5.14. The van der Waals surface area contributed by atoms with Crippen molar-refractivity contribution in [3.63, 3.8) is 0 Å². The molecule has 0 aliphatic rings. The molecule has 0 aliphatic heterocycles. The summed E-state index contributed by atoms with van der Waals surface area (Å²) in [4.78, 5) is 28.4. The zero-order valence-electron chi connectivity index (χ0n) is 12.0. The summed E-state index contributed by atoms with van der Waals surface area (Å²) in [5.74, 6) is -0.484. The van der Waals surface area contributed by atoms with E-state index in [0.29, 0.717) is 27.0 Å². The molecule has 110 valence electrons. The fourth-order valence-corrected chi connectivity index (χ4v) is 2.58. The van der Waals surface area contributed by atoms with Gasteiger partial charge in [0.2, 0.25) is 0 Å². The Morgan fingerprint density at radius 1 is 1.24 bits per heavy atom. The van der Waals surface area contributed by atoms with Gasteiger partial charge in [-0.15, -0.1) is 0 Å². The molecule has 0 spiro atoms. The van der Waals surface area contributed by atoms with Crippen LogP contribution < -0.4 is 16.4 Å². The monoisotopic (exact) mass is 304 g/mol. The van der Waals surface area contributed by atoms with E-state index in [9.17, 15) is 9.59 Å². The van der Waals surface area contributed by atoms with Crippen molar-refractivity contribution in [2.75, 3.05) is 18.1 Å². The fraction of sp³-hybridized carbons (Fsp3) is 0.214. The van der Waals surface area contributed by atoms with Crippen molar-refractivity contribution in [1.82, 2.24) is 10.3 Å². The van der Waals surface area contributed by atoms with E-state index in [2.05, 4.69) is 15.6 Å². The van der Waals surface area contributed by atoms with Crippen molar-refractivity contribution in [1.29, 1.82) is 0 Å². The maximum Gasteiger partial charge on any atom is 0.267 e. The summed E-state index contributed by atoms with van der Waals surface area (Å²) in [6.45, 7) is 3.59. The number of benzene rings is 1. The zero-order chi connectivity index (χ0) is 15.6. The smallest absolute Gasteiger partial charge is 0.267 e. The van der Waals surface area contributed by atoms with Crippen molar-refractivity contribution in [2.24, 2.45) is 0 Å². The minimum Gasteiger partial charge on any atom is -0.375 e. The Morgan fingerprint density at radius 3 is 2.52 bits per heavy atom. The number of anilines is 2. The van der Waals surface area contributed by atoms with E-state index in [0.717, 1.165) is 16.9 Å². The van der Waals surface area contributed by atoms with Crippen molar-refractivity contribution in [2.45, 2.75) is 13.8 Å². The number of nitrogens with two attached hydrogens (primary N) is 1. The molecule has 0 saturated carbocycles. The molecule has 0 fully saturated rings. The molecule has 21 heavy (non-hydrogen) atoms. The third kappa shape index (κ3) is 3.19. The summed E-state index contributed by atoms with van der Waals surface area (Å²) in [5, 5.41) is 5.70. The first kappa shape index (κ1) is 15.0. The van der Waals surface area contributed by atoms with Crippen LogP contribution in [0.1, 0.15) is 31.3 Å². The van der Waals surface area contributed by atoms with Gasteiger partial charge in [-0.05, 0) is 31.5 Å². The lowest BCUT2D eigenvalue weighted by Crippen LogP contribution is -2.19. The van der Waals surface area contributed by atoms with E-state index in [1.54, 1.807) is 32.2 Å². The number of nitrogens with one attached hydrogen (secondary N) is 2. The number of carbonyl (C=O) groups excluding carboxylic acids is 2. The lowest BCUT2D eigenvalue weighted by atomic mass is 10.1. The molecule has 1 heterocycles. The lowest BCUT2D eigenvalue weighted by Gasteiger charge is -2.09. The number of nitrogens with zero attached hydrogens (tertiary/aromatic N) is 1. The van der Waals surface area contributed by atoms with E-state index in [4.69, 9.17) is 5.73 Å². The van der Waals surface area contributed by atoms with Crippen LogP contribution in [0.2, 0.25) is 0 Å². The molecule has 0 aliphatic carbocycles. The molecule has 0 saturated heterocycles. The van der Waals surface area contributed by atoms with Crippen LogP contribution in [0.25, 0.3) is 0 Å². The van der Waals surface area contributed by atoms with Crippen molar-refractivity contribution in [3.05, 3.63) is 39.9 Å². The number of amides is 2. The van der Waals surface area contributed by atoms with Gasteiger partial charge in [-0.2, -0.15) is 0 Å². The van der Waals surface area contributed by atoms with Crippen LogP contribution in [-0.4, -0.2) is 23.8 Å². The van der Waals surface area contributed by atoms with Gasteiger partial charge in [-0.25, -0.2) is 4.98 Å². The highest BCUT2D eigenvalue weighted by atomic mass is 32.1. The Balaban J connectivity index is 2.28. The Kier molecular flexibility index (Phi) is 4.23. The predicted octanol–water partition coefficient (Wildman–Crippen LogP) is 1.95. The summed E-state index contributed by atoms with van der Waals surface area (Å²) < 4.78 is 0. The number of rotatable bonds is 3. The normalized spacial score (nSPS) is 10.2. The molecule has 7 heteroatoms. The lowest BCUT2D eigenvalue weighted by molar-refractivity contribution is 0.0961. The standard InChI is InChI=1S/C14H16N4O2S/c1-7-4-5-9(12(19)16-3)6-10(7)18-13(20)11-8(2)17-14(15)21-11/h4-6H,1-3H3,(H2,15,17)(H,16,19)(H,18,20). The van der Waals surface area contributed by atoms with Crippen molar-refractivity contribution >= 4 is 34.0 Å². The number of carbonyl (C=O) groups is 2. The SMILES string of the molecule is CNC(=O)c1ccc(C)c(NC(=O)c2sc(N)nc2C)c1. The Morgan fingerprint density at radius 2 is 1.95 bits per heavy atom. The first-order valence-corrected chi connectivity index (χ1v) is 7.11. The maximum absolute atomic E-state index is 12.3. The Labute approximate surface area is 126 Å². The van der Waals surface area contributed by atoms with Gasteiger partial charge in [0.15, 0.2) is 5.13 Å². The molecular weight excluding hydrogens is 288 g/mol. The number of hydrogen-bond donors (Lipinski definition) is 3. The van der Waals surface area contributed by atoms with Crippen molar-refractivity contribution < 1.29 is 9.59 Å². The third-order valence-corrected chi connectivity index (χ3v) is 3.98. The molecular formula is C14H16N4O2S.